The van der Waals surface area contributed by atoms with E-state index in [4.69, 9.17) is 5.73 Å². The van der Waals surface area contributed by atoms with Crippen LogP contribution in [0.3, 0.4) is 0 Å². The Bertz CT molecular complexity index is 281. The maximum absolute atomic E-state index is 10.3. The van der Waals surface area contributed by atoms with Crippen molar-refractivity contribution in [1.29, 1.82) is 0 Å². The number of carbonyl (C=O) groups excluding carboxylic acids is 1. The molecule has 1 amide bonds. The fraction of sp³-hybridized carbons (Fsp3) is 0.182. The summed E-state index contributed by atoms with van der Waals surface area (Å²) in [6.07, 6.45) is 3.03. The minimum absolute atomic E-state index is 0.422. The predicted molar refractivity (Wildman–Crippen MR) is 59.7 cm³/mol. The van der Waals surface area contributed by atoms with Crippen molar-refractivity contribution in [3.63, 3.8) is 0 Å². The van der Waals surface area contributed by atoms with Crippen molar-refractivity contribution in [3.05, 3.63) is 42.0 Å². The molecule has 0 aliphatic carbocycles. The van der Waals surface area contributed by atoms with Gasteiger partial charge in [0.25, 0.3) is 0 Å². The summed E-state index contributed by atoms with van der Waals surface area (Å²) in [7, 11) is 3.75. The number of primary amides is 1. The van der Waals surface area contributed by atoms with E-state index in [1.165, 1.54) is 6.08 Å². The van der Waals surface area contributed by atoms with Gasteiger partial charge >= 0.3 is 0 Å². The van der Waals surface area contributed by atoms with E-state index in [1.54, 1.807) is 6.08 Å². The highest BCUT2D eigenvalue weighted by Crippen LogP contribution is 1.99. The molecule has 0 aromatic heterocycles. The summed E-state index contributed by atoms with van der Waals surface area (Å²) in [6, 6.07) is 9.53. The molecule has 0 saturated heterocycles. The molecule has 1 rings (SSSR count). The molecular formula is C11H16N2O. The largest absolute Gasteiger partial charge is 0.366 e. The fourth-order valence-corrected chi connectivity index (χ4v) is 0.743. The second kappa shape index (κ2) is 8.01. The monoisotopic (exact) mass is 192 g/mol. The van der Waals surface area contributed by atoms with E-state index >= 15 is 0 Å². The maximum Gasteiger partial charge on any atom is 0.241 e. The molecule has 3 nitrogen and oxygen atoms in total. The van der Waals surface area contributed by atoms with E-state index in [1.807, 2.05) is 44.4 Å². The van der Waals surface area contributed by atoms with E-state index in [2.05, 4.69) is 5.32 Å². The van der Waals surface area contributed by atoms with Gasteiger partial charge in [-0.25, -0.2) is 0 Å². The van der Waals surface area contributed by atoms with Gasteiger partial charge in [0.1, 0.15) is 0 Å². The van der Waals surface area contributed by atoms with Gasteiger partial charge in [-0.15, -0.1) is 0 Å². The molecule has 76 valence electrons. The first-order valence-corrected chi connectivity index (χ1v) is 4.31. The van der Waals surface area contributed by atoms with Gasteiger partial charge in [-0.2, -0.15) is 0 Å². The number of rotatable bonds is 2. The highest BCUT2D eigenvalue weighted by Gasteiger charge is 1.84. The van der Waals surface area contributed by atoms with Crippen LogP contribution in [0.15, 0.2) is 36.4 Å². The lowest BCUT2D eigenvalue weighted by Crippen LogP contribution is -2.04. The molecule has 0 bridgehead atoms. The fourth-order valence-electron chi connectivity index (χ4n) is 0.743. The SMILES string of the molecule is CNC.NC(=O)C=Cc1ccccc1. The van der Waals surface area contributed by atoms with Crippen molar-refractivity contribution in [3.8, 4) is 0 Å². The topological polar surface area (TPSA) is 55.1 Å². The molecule has 1 aromatic rings. The Morgan fingerprint density at radius 2 is 1.79 bits per heavy atom. The third-order valence-electron chi connectivity index (χ3n) is 1.24. The normalized spacial score (nSPS) is 9.29. The van der Waals surface area contributed by atoms with Gasteiger partial charge in [0.05, 0.1) is 0 Å². The number of carbonyl (C=O) groups is 1. The molecule has 0 saturated carbocycles. The number of amides is 1. The smallest absolute Gasteiger partial charge is 0.241 e. The summed E-state index contributed by atoms with van der Waals surface area (Å²) < 4.78 is 0. The van der Waals surface area contributed by atoms with Crippen LogP contribution in [0.5, 0.6) is 0 Å². The number of benzene rings is 1. The van der Waals surface area contributed by atoms with Gasteiger partial charge in [-0.3, -0.25) is 4.79 Å². The van der Waals surface area contributed by atoms with E-state index < -0.39 is 5.91 Å². The Morgan fingerprint density at radius 1 is 1.29 bits per heavy atom. The Labute approximate surface area is 84.6 Å². The highest BCUT2D eigenvalue weighted by atomic mass is 16.1. The molecule has 3 N–H and O–H groups in total. The molecule has 0 heterocycles. The number of hydrogen-bond donors (Lipinski definition) is 2. The average Bonchev–Trinajstić information content (AvgIpc) is 2.18. The van der Waals surface area contributed by atoms with Crippen molar-refractivity contribution in [2.75, 3.05) is 14.1 Å². The molecule has 0 aliphatic heterocycles. The molecule has 14 heavy (non-hydrogen) atoms. The lowest BCUT2D eigenvalue weighted by Gasteiger charge is -1.88. The molecule has 0 aliphatic rings. The van der Waals surface area contributed by atoms with Crippen molar-refractivity contribution in [2.45, 2.75) is 0 Å². The van der Waals surface area contributed by atoms with Crippen LogP contribution in [0, 0.1) is 0 Å². The first kappa shape index (κ1) is 12.4. The molecule has 0 radical (unpaired) electrons. The maximum atomic E-state index is 10.3. The Balaban J connectivity index is 0.000000500. The zero-order valence-electron chi connectivity index (χ0n) is 8.53. The molecule has 0 spiro atoms. The van der Waals surface area contributed by atoms with Crippen LogP contribution in [-0.4, -0.2) is 20.0 Å². The second-order valence-electron chi connectivity index (χ2n) is 2.65. The van der Waals surface area contributed by atoms with Crippen molar-refractivity contribution >= 4 is 12.0 Å². The zero-order valence-corrected chi connectivity index (χ0v) is 8.53. The van der Waals surface area contributed by atoms with Gasteiger partial charge in [0, 0.05) is 6.08 Å². The first-order valence-electron chi connectivity index (χ1n) is 4.31. The lowest BCUT2D eigenvalue weighted by atomic mass is 10.2. The van der Waals surface area contributed by atoms with E-state index in [0.29, 0.717) is 0 Å². The van der Waals surface area contributed by atoms with Crippen LogP contribution in [0.2, 0.25) is 0 Å². The lowest BCUT2D eigenvalue weighted by molar-refractivity contribution is -0.113. The molecule has 0 fully saturated rings. The number of nitrogens with two attached hydrogens (primary N) is 1. The highest BCUT2D eigenvalue weighted by molar-refractivity contribution is 5.90. The number of nitrogens with one attached hydrogen (secondary N) is 1. The zero-order chi connectivity index (χ0) is 10.8. The summed E-state index contributed by atoms with van der Waals surface area (Å²) in [4.78, 5) is 10.3. The molecule has 0 unspecified atom stereocenters. The van der Waals surface area contributed by atoms with Crippen molar-refractivity contribution < 1.29 is 4.79 Å². The third kappa shape index (κ3) is 7.06. The van der Waals surface area contributed by atoms with Gasteiger partial charge in [-0.05, 0) is 25.7 Å². The van der Waals surface area contributed by atoms with Crippen LogP contribution < -0.4 is 11.1 Å². The summed E-state index contributed by atoms with van der Waals surface area (Å²) in [5.41, 5.74) is 5.89. The molecule has 1 aromatic carbocycles. The van der Waals surface area contributed by atoms with Crippen LogP contribution in [0.4, 0.5) is 0 Å². The van der Waals surface area contributed by atoms with Gasteiger partial charge < -0.3 is 11.1 Å². The Hall–Kier alpha value is -1.61. The van der Waals surface area contributed by atoms with Gasteiger partial charge in [0.15, 0.2) is 0 Å². The van der Waals surface area contributed by atoms with E-state index in [0.717, 1.165) is 5.56 Å². The minimum Gasteiger partial charge on any atom is -0.366 e. The molecular weight excluding hydrogens is 176 g/mol. The van der Waals surface area contributed by atoms with Crippen molar-refractivity contribution in [1.82, 2.24) is 5.32 Å². The van der Waals surface area contributed by atoms with Gasteiger partial charge in [0.2, 0.25) is 5.91 Å². The summed E-state index contributed by atoms with van der Waals surface area (Å²) >= 11 is 0. The summed E-state index contributed by atoms with van der Waals surface area (Å²) in [5.74, 6) is -0.422. The van der Waals surface area contributed by atoms with Crippen LogP contribution >= 0.6 is 0 Å². The third-order valence-corrected chi connectivity index (χ3v) is 1.24. The van der Waals surface area contributed by atoms with Gasteiger partial charge in [-0.1, -0.05) is 30.3 Å². The second-order valence-corrected chi connectivity index (χ2v) is 2.65. The van der Waals surface area contributed by atoms with Crippen LogP contribution in [0.1, 0.15) is 5.56 Å². The molecule has 3 heteroatoms. The summed E-state index contributed by atoms with van der Waals surface area (Å²) in [5, 5.41) is 2.75. The standard InChI is InChI=1S/C9H9NO.C2H7N/c10-9(11)7-6-8-4-2-1-3-5-8;1-3-2/h1-7H,(H2,10,11);3H,1-2H3. The van der Waals surface area contributed by atoms with Crippen LogP contribution in [-0.2, 0) is 4.79 Å². The molecule has 0 atom stereocenters. The van der Waals surface area contributed by atoms with E-state index in [9.17, 15) is 4.79 Å². The number of hydrogen-bond acceptors (Lipinski definition) is 2. The average molecular weight is 192 g/mol. The first-order chi connectivity index (χ1) is 6.70. The quantitative estimate of drug-likeness (QED) is 0.687. The minimum atomic E-state index is -0.422. The Kier molecular flexibility index (Phi) is 7.09. The van der Waals surface area contributed by atoms with E-state index in [-0.39, 0.29) is 0 Å². The van der Waals surface area contributed by atoms with Crippen molar-refractivity contribution in [2.24, 2.45) is 5.73 Å². The van der Waals surface area contributed by atoms with Crippen LogP contribution in [0.25, 0.3) is 6.08 Å². The summed E-state index contributed by atoms with van der Waals surface area (Å²) in [6.45, 7) is 0. The predicted octanol–water partition coefficient (Wildman–Crippen LogP) is 1.02. The Morgan fingerprint density at radius 3 is 2.21 bits per heavy atom.